The van der Waals surface area contributed by atoms with E-state index in [1.807, 2.05) is 54.6 Å². The summed E-state index contributed by atoms with van der Waals surface area (Å²) in [5.74, 6) is -2.35. The maximum absolute atomic E-state index is 11.9. The second-order valence-electron chi connectivity index (χ2n) is 6.36. The molecule has 142 valence electrons. The first kappa shape index (κ1) is 20.2. The lowest BCUT2D eigenvalue weighted by molar-refractivity contribution is -0.138. The van der Waals surface area contributed by atoms with Crippen LogP contribution in [0.3, 0.4) is 0 Å². The normalized spacial score (nSPS) is 11.6. The van der Waals surface area contributed by atoms with Gasteiger partial charge in [0.15, 0.2) is 0 Å². The molecule has 0 heterocycles. The molecule has 2 aromatic rings. The molecule has 0 saturated heterocycles. The van der Waals surface area contributed by atoms with Gasteiger partial charge in [-0.05, 0) is 29.5 Å². The molecular formula is C21H23NO5. The number of carboxylic acid groups (broad SMARTS) is 2. The molecule has 0 saturated carbocycles. The molecule has 1 amide bonds. The van der Waals surface area contributed by atoms with E-state index in [4.69, 9.17) is 10.2 Å². The van der Waals surface area contributed by atoms with Gasteiger partial charge in [-0.3, -0.25) is 14.4 Å². The van der Waals surface area contributed by atoms with Gasteiger partial charge in [0.05, 0.1) is 6.42 Å². The van der Waals surface area contributed by atoms with E-state index in [2.05, 4.69) is 5.32 Å². The van der Waals surface area contributed by atoms with Crippen molar-refractivity contribution in [3.63, 3.8) is 0 Å². The SMILES string of the molecule is O=C(O)CCC(=O)N[C@@H](CCC(=O)O)Cc1ccc(-c2ccccc2)cc1. The molecule has 0 spiro atoms. The fraction of sp³-hybridized carbons (Fsp3) is 0.286. The number of nitrogens with one attached hydrogen (secondary N) is 1. The van der Waals surface area contributed by atoms with Crippen LogP contribution in [0.1, 0.15) is 31.2 Å². The van der Waals surface area contributed by atoms with Crippen LogP contribution in [0, 0.1) is 0 Å². The van der Waals surface area contributed by atoms with Crippen molar-refractivity contribution in [1.82, 2.24) is 5.32 Å². The summed E-state index contributed by atoms with van der Waals surface area (Å²) in [5.41, 5.74) is 3.16. The van der Waals surface area contributed by atoms with Gasteiger partial charge in [-0.1, -0.05) is 54.6 Å². The van der Waals surface area contributed by atoms with Crippen LogP contribution in [0.25, 0.3) is 11.1 Å². The molecule has 6 heteroatoms. The van der Waals surface area contributed by atoms with Crippen molar-refractivity contribution in [2.45, 2.75) is 38.1 Å². The second-order valence-corrected chi connectivity index (χ2v) is 6.36. The number of amides is 1. The zero-order valence-electron chi connectivity index (χ0n) is 14.9. The summed E-state index contributed by atoms with van der Waals surface area (Å²) in [7, 11) is 0. The van der Waals surface area contributed by atoms with E-state index in [0.717, 1.165) is 16.7 Å². The maximum atomic E-state index is 11.9. The number of carbonyl (C=O) groups excluding carboxylic acids is 1. The molecule has 0 unspecified atom stereocenters. The number of benzene rings is 2. The van der Waals surface area contributed by atoms with Crippen molar-refractivity contribution in [2.75, 3.05) is 0 Å². The number of hydrogen-bond donors (Lipinski definition) is 3. The van der Waals surface area contributed by atoms with Crippen molar-refractivity contribution >= 4 is 17.8 Å². The molecule has 0 aromatic heterocycles. The number of carbonyl (C=O) groups is 3. The van der Waals surface area contributed by atoms with E-state index in [0.29, 0.717) is 6.42 Å². The summed E-state index contributed by atoms with van der Waals surface area (Å²) in [6, 6.07) is 17.5. The van der Waals surface area contributed by atoms with Crippen LogP contribution in [-0.2, 0) is 20.8 Å². The van der Waals surface area contributed by atoms with Crippen molar-refractivity contribution < 1.29 is 24.6 Å². The predicted molar refractivity (Wildman–Crippen MR) is 101 cm³/mol. The van der Waals surface area contributed by atoms with Gasteiger partial charge in [-0.2, -0.15) is 0 Å². The maximum Gasteiger partial charge on any atom is 0.303 e. The lowest BCUT2D eigenvalue weighted by Gasteiger charge is -2.18. The Kier molecular flexibility index (Phi) is 7.55. The Bertz CT molecular complexity index is 771. The van der Waals surface area contributed by atoms with Gasteiger partial charge < -0.3 is 15.5 Å². The highest BCUT2D eigenvalue weighted by Crippen LogP contribution is 2.20. The average Bonchev–Trinajstić information content (AvgIpc) is 2.66. The van der Waals surface area contributed by atoms with Crippen molar-refractivity contribution in [1.29, 1.82) is 0 Å². The molecule has 0 bridgehead atoms. The Balaban J connectivity index is 2.01. The topological polar surface area (TPSA) is 104 Å². The van der Waals surface area contributed by atoms with Gasteiger partial charge in [-0.15, -0.1) is 0 Å². The van der Waals surface area contributed by atoms with Gasteiger partial charge >= 0.3 is 11.9 Å². The molecule has 3 N–H and O–H groups in total. The summed E-state index contributed by atoms with van der Waals surface area (Å²) in [6.07, 6.45) is 0.344. The molecule has 0 aliphatic heterocycles. The van der Waals surface area contributed by atoms with E-state index >= 15 is 0 Å². The van der Waals surface area contributed by atoms with E-state index in [9.17, 15) is 14.4 Å². The Morgan fingerprint density at radius 2 is 1.37 bits per heavy atom. The third-order valence-electron chi connectivity index (χ3n) is 4.18. The molecule has 0 radical (unpaired) electrons. The highest BCUT2D eigenvalue weighted by Gasteiger charge is 2.15. The summed E-state index contributed by atoms with van der Waals surface area (Å²) in [4.78, 5) is 33.4. The average molecular weight is 369 g/mol. The summed E-state index contributed by atoms with van der Waals surface area (Å²) in [5, 5.41) is 20.3. The molecule has 0 aliphatic carbocycles. The third kappa shape index (κ3) is 7.32. The van der Waals surface area contributed by atoms with Crippen LogP contribution in [-0.4, -0.2) is 34.1 Å². The van der Waals surface area contributed by atoms with Gasteiger partial charge in [0.25, 0.3) is 0 Å². The Hall–Kier alpha value is -3.15. The molecule has 2 rings (SSSR count). The van der Waals surface area contributed by atoms with Crippen molar-refractivity contribution in [3.8, 4) is 11.1 Å². The lowest BCUT2D eigenvalue weighted by atomic mass is 9.98. The Labute approximate surface area is 157 Å². The Morgan fingerprint density at radius 3 is 1.96 bits per heavy atom. The first-order valence-corrected chi connectivity index (χ1v) is 8.81. The number of aliphatic carboxylic acids is 2. The van der Waals surface area contributed by atoms with Crippen molar-refractivity contribution in [2.24, 2.45) is 0 Å². The van der Waals surface area contributed by atoms with Crippen LogP contribution in [0.4, 0.5) is 0 Å². The lowest BCUT2D eigenvalue weighted by Crippen LogP contribution is -2.37. The Morgan fingerprint density at radius 1 is 0.778 bits per heavy atom. The van der Waals surface area contributed by atoms with E-state index in [-0.39, 0.29) is 37.6 Å². The highest BCUT2D eigenvalue weighted by atomic mass is 16.4. The fourth-order valence-electron chi connectivity index (χ4n) is 2.79. The van der Waals surface area contributed by atoms with Crippen LogP contribution in [0.2, 0.25) is 0 Å². The zero-order chi connectivity index (χ0) is 19.6. The molecule has 2 aromatic carbocycles. The minimum atomic E-state index is -1.04. The van der Waals surface area contributed by atoms with Crippen LogP contribution in [0.5, 0.6) is 0 Å². The summed E-state index contributed by atoms with van der Waals surface area (Å²) < 4.78 is 0. The third-order valence-corrected chi connectivity index (χ3v) is 4.18. The number of carboxylic acids is 2. The molecule has 6 nitrogen and oxygen atoms in total. The molecule has 27 heavy (non-hydrogen) atoms. The first-order chi connectivity index (χ1) is 12.9. The first-order valence-electron chi connectivity index (χ1n) is 8.81. The number of hydrogen-bond acceptors (Lipinski definition) is 3. The largest absolute Gasteiger partial charge is 0.481 e. The molecule has 0 aliphatic rings. The van der Waals surface area contributed by atoms with Gasteiger partial charge in [0.2, 0.25) is 5.91 Å². The zero-order valence-corrected chi connectivity index (χ0v) is 14.9. The van der Waals surface area contributed by atoms with E-state index in [1.165, 1.54) is 0 Å². The van der Waals surface area contributed by atoms with Crippen LogP contribution >= 0.6 is 0 Å². The van der Waals surface area contributed by atoms with Crippen LogP contribution in [0.15, 0.2) is 54.6 Å². The monoisotopic (exact) mass is 369 g/mol. The van der Waals surface area contributed by atoms with Gasteiger partial charge in [0.1, 0.15) is 0 Å². The van der Waals surface area contributed by atoms with E-state index < -0.39 is 11.9 Å². The molecule has 1 atom stereocenters. The van der Waals surface area contributed by atoms with Crippen molar-refractivity contribution in [3.05, 3.63) is 60.2 Å². The fourth-order valence-corrected chi connectivity index (χ4v) is 2.79. The number of rotatable bonds is 10. The van der Waals surface area contributed by atoms with Crippen LogP contribution < -0.4 is 5.32 Å². The summed E-state index contributed by atoms with van der Waals surface area (Å²) >= 11 is 0. The standard InChI is InChI=1S/C21H23NO5/c23-19(11-13-21(26)27)22-18(10-12-20(24)25)14-15-6-8-17(9-7-15)16-4-2-1-3-5-16/h1-9,18H,10-14H2,(H,22,23)(H,24,25)(H,26,27)/t18-/m0/s1. The van der Waals surface area contributed by atoms with E-state index in [1.54, 1.807) is 0 Å². The minimum absolute atomic E-state index is 0.0635. The second kappa shape index (κ2) is 10.1. The van der Waals surface area contributed by atoms with Gasteiger partial charge in [0, 0.05) is 18.9 Å². The summed E-state index contributed by atoms with van der Waals surface area (Å²) in [6.45, 7) is 0. The molecular weight excluding hydrogens is 346 g/mol. The minimum Gasteiger partial charge on any atom is -0.481 e. The van der Waals surface area contributed by atoms with Gasteiger partial charge in [-0.25, -0.2) is 0 Å². The predicted octanol–water partition coefficient (Wildman–Crippen LogP) is 3.11. The smallest absolute Gasteiger partial charge is 0.303 e. The quantitative estimate of drug-likeness (QED) is 0.597. The molecule has 0 fully saturated rings. The highest BCUT2D eigenvalue weighted by molar-refractivity contribution is 5.80.